The van der Waals surface area contributed by atoms with Gasteiger partial charge in [0.15, 0.2) is 5.13 Å². The Bertz CT molecular complexity index is 1050. The number of hydrogen-bond acceptors (Lipinski definition) is 7. The highest BCUT2D eigenvalue weighted by atomic mass is 32.1. The molecule has 1 aliphatic rings. The summed E-state index contributed by atoms with van der Waals surface area (Å²) >= 11 is 3.06. The lowest BCUT2D eigenvalue weighted by Gasteiger charge is -2.32. The van der Waals surface area contributed by atoms with Gasteiger partial charge >= 0.3 is 0 Å². The smallest absolute Gasteiger partial charge is 0.261 e. The SMILES string of the molecule is CCN(CC)c1nc2sc(C(=O)NCc3ccc(C(=O)N4CCN(C)CC4)cc3)cc2s1. The van der Waals surface area contributed by atoms with Crippen molar-refractivity contribution < 1.29 is 9.59 Å². The maximum Gasteiger partial charge on any atom is 0.261 e. The Hall–Kier alpha value is -2.49. The first-order valence-corrected chi connectivity index (χ1v) is 12.6. The number of hydrogen-bond donors (Lipinski definition) is 1. The molecule has 0 saturated carbocycles. The van der Waals surface area contributed by atoms with Crippen molar-refractivity contribution in [3.05, 3.63) is 46.3 Å². The second-order valence-electron chi connectivity index (χ2n) is 7.92. The van der Waals surface area contributed by atoms with Crippen molar-refractivity contribution in [3.63, 3.8) is 0 Å². The van der Waals surface area contributed by atoms with E-state index in [4.69, 9.17) is 0 Å². The monoisotopic (exact) mass is 471 g/mol. The number of benzene rings is 1. The molecular weight excluding hydrogens is 442 g/mol. The molecule has 170 valence electrons. The van der Waals surface area contributed by atoms with Crippen LogP contribution in [0.2, 0.25) is 0 Å². The van der Waals surface area contributed by atoms with Crippen LogP contribution in [0.1, 0.15) is 39.4 Å². The fourth-order valence-electron chi connectivity index (χ4n) is 3.69. The third kappa shape index (κ3) is 4.95. The zero-order valence-electron chi connectivity index (χ0n) is 18.8. The molecule has 0 spiro atoms. The van der Waals surface area contributed by atoms with Crippen LogP contribution in [0.4, 0.5) is 5.13 Å². The van der Waals surface area contributed by atoms with E-state index in [9.17, 15) is 9.59 Å². The highest BCUT2D eigenvalue weighted by Gasteiger charge is 2.20. The Morgan fingerprint density at radius 2 is 1.75 bits per heavy atom. The van der Waals surface area contributed by atoms with E-state index >= 15 is 0 Å². The molecule has 3 heterocycles. The molecule has 1 aliphatic heterocycles. The molecule has 1 fully saturated rings. The van der Waals surface area contributed by atoms with E-state index in [1.807, 2.05) is 35.2 Å². The Morgan fingerprint density at radius 3 is 2.38 bits per heavy atom. The summed E-state index contributed by atoms with van der Waals surface area (Å²) in [5.41, 5.74) is 1.66. The van der Waals surface area contributed by atoms with Crippen molar-refractivity contribution in [3.8, 4) is 0 Å². The van der Waals surface area contributed by atoms with Crippen LogP contribution in [0.25, 0.3) is 9.53 Å². The minimum atomic E-state index is -0.0952. The van der Waals surface area contributed by atoms with E-state index in [0.717, 1.165) is 59.5 Å². The fraction of sp³-hybridized carbons (Fsp3) is 0.435. The van der Waals surface area contributed by atoms with Gasteiger partial charge in [-0.15, -0.1) is 11.3 Å². The van der Waals surface area contributed by atoms with Crippen molar-refractivity contribution in [2.24, 2.45) is 0 Å². The Balaban J connectivity index is 1.33. The van der Waals surface area contributed by atoms with Crippen molar-refractivity contribution >= 4 is 49.1 Å². The molecule has 2 amide bonds. The molecule has 2 aromatic heterocycles. The molecule has 0 radical (unpaired) electrons. The standard InChI is InChI=1S/C23H29N5O2S2/c1-4-27(5-2)23-25-21-19(32-23)14-18(31-21)20(29)24-15-16-6-8-17(9-7-16)22(30)28-12-10-26(3)11-13-28/h6-9,14H,4-5,10-13,15H2,1-3H3,(H,24,29). The summed E-state index contributed by atoms with van der Waals surface area (Å²) < 4.78 is 1.05. The molecule has 1 N–H and O–H groups in total. The molecular formula is C23H29N5O2S2. The van der Waals surface area contributed by atoms with Gasteiger partial charge in [-0.05, 0) is 44.7 Å². The molecule has 0 unspecified atom stereocenters. The second-order valence-corrected chi connectivity index (χ2v) is 9.96. The molecule has 0 bridgehead atoms. The lowest BCUT2D eigenvalue weighted by molar-refractivity contribution is 0.0664. The van der Waals surface area contributed by atoms with Gasteiger partial charge in [0.2, 0.25) is 0 Å². The topological polar surface area (TPSA) is 68.8 Å². The van der Waals surface area contributed by atoms with E-state index in [0.29, 0.717) is 17.0 Å². The zero-order valence-corrected chi connectivity index (χ0v) is 20.4. The van der Waals surface area contributed by atoms with Crippen LogP contribution in [0.15, 0.2) is 30.3 Å². The Kier molecular flexibility index (Phi) is 7.07. The molecule has 0 aliphatic carbocycles. The maximum absolute atomic E-state index is 12.7. The van der Waals surface area contributed by atoms with Crippen molar-refractivity contribution in [1.29, 1.82) is 0 Å². The first kappa shape index (κ1) is 22.7. The average Bonchev–Trinajstić information content (AvgIpc) is 3.38. The minimum Gasteiger partial charge on any atom is -0.349 e. The van der Waals surface area contributed by atoms with Crippen LogP contribution in [-0.2, 0) is 6.54 Å². The van der Waals surface area contributed by atoms with Crippen molar-refractivity contribution in [1.82, 2.24) is 20.1 Å². The van der Waals surface area contributed by atoms with Crippen molar-refractivity contribution in [2.45, 2.75) is 20.4 Å². The minimum absolute atomic E-state index is 0.0731. The van der Waals surface area contributed by atoms with E-state index in [1.54, 1.807) is 11.3 Å². The fourth-order valence-corrected chi connectivity index (χ4v) is 5.95. The Labute approximate surface area is 196 Å². The third-order valence-electron chi connectivity index (χ3n) is 5.78. The second kappa shape index (κ2) is 9.97. The normalized spacial score (nSPS) is 14.7. The van der Waals surface area contributed by atoms with Gasteiger partial charge in [-0.2, -0.15) is 0 Å². The summed E-state index contributed by atoms with van der Waals surface area (Å²) in [6.45, 7) is 9.83. The first-order valence-electron chi connectivity index (χ1n) is 11.0. The van der Waals surface area contributed by atoms with E-state index < -0.39 is 0 Å². The quantitative estimate of drug-likeness (QED) is 0.571. The molecule has 4 rings (SSSR count). The molecule has 1 saturated heterocycles. The zero-order chi connectivity index (χ0) is 22.7. The summed E-state index contributed by atoms with van der Waals surface area (Å²) in [5, 5.41) is 3.99. The predicted octanol–water partition coefficient (Wildman–Crippen LogP) is 3.52. The Morgan fingerprint density at radius 1 is 1.06 bits per heavy atom. The number of likely N-dealkylation sites (N-methyl/N-ethyl adjacent to an activating group) is 1. The summed E-state index contributed by atoms with van der Waals surface area (Å²) in [5.74, 6) is -0.0221. The predicted molar refractivity (Wildman–Crippen MR) is 132 cm³/mol. The summed E-state index contributed by atoms with van der Waals surface area (Å²) in [6.07, 6.45) is 0. The van der Waals surface area contributed by atoms with Gasteiger partial charge in [0.1, 0.15) is 4.83 Å². The number of nitrogens with one attached hydrogen (secondary N) is 1. The molecule has 0 atom stereocenters. The van der Waals surface area contributed by atoms with Crippen LogP contribution in [0.3, 0.4) is 0 Å². The van der Waals surface area contributed by atoms with Gasteiger partial charge in [0.05, 0.1) is 9.58 Å². The summed E-state index contributed by atoms with van der Waals surface area (Å²) in [4.78, 5) is 37.9. The number of fused-ring (bicyclic) bond motifs is 1. The van der Waals surface area contributed by atoms with Crippen LogP contribution >= 0.6 is 22.7 Å². The summed E-state index contributed by atoms with van der Waals surface area (Å²) in [6, 6.07) is 9.45. The highest BCUT2D eigenvalue weighted by molar-refractivity contribution is 7.29. The van der Waals surface area contributed by atoms with E-state index in [1.165, 1.54) is 11.3 Å². The van der Waals surface area contributed by atoms with Gasteiger partial charge in [-0.1, -0.05) is 23.5 Å². The first-order chi connectivity index (χ1) is 15.5. The van der Waals surface area contributed by atoms with Crippen LogP contribution < -0.4 is 10.2 Å². The average molecular weight is 472 g/mol. The van der Waals surface area contributed by atoms with E-state index in [-0.39, 0.29) is 11.8 Å². The lowest BCUT2D eigenvalue weighted by atomic mass is 10.1. The molecule has 7 nitrogen and oxygen atoms in total. The number of carbonyl (C=O) groups excluding carboxylic acids is 2. The van der Waals surface area contributed by atoms with Crippen molar-refractivity contribution in [2.75, 3.05) is 51.2 Å². The largest absolute Gasteiger partial charge is 0.349 e. The van der Waals surface area contributed by atoms with Crippen LogP contribution in [0.5, 0.6) is 0 Å². The maximum atomic E-state index is 12.7. The number of thiophene rings is 1. The van der Waals surface area contributed by atoms with Gasteiger partial charge in [0, 0.05) is 51.4 Å². The lowest BCUT2D eigenvalue weighted by Crippen LogP contribution is -2.47. The number of piperazine rings is 1. The number of carbonyl (C=O) groups is 2. The third-order valence-corrected chi connectivity index (χ3v) is 8.00. The van der Waals surface area contributed by atoms with Gasteiger partial charge in [0.25, 0.3) is 11.8 Å². The van der Waals surface area contributed by atoms with Crippen LogP contribution in [-0.4, -0.2) is 72.9 Å². The van der Waals surface area contributed by atoms with Gasteiger partial charge in [-0.3, -0.25) is 9.59 Å². The molecule has 32 heavy (non-hydrogen) atoms. The number of nitrogens with zero attached hydrogens (tertiary/aromatic N) is 4. The van der Waals surface area contributed by atoms with Gasteiger partial charge < -0.3 is 20.0 Å². The highest BCUT2D eigenvalue weighted by Crippen LogP contribution is 2.34. The number of rotatable bonds is 7. The number of amides is 2. The summed E-state index contributed by atoms with van der Waals surface area (Å²) in [7, 11) is 2.07. The number of anilines is 1. The number of aromatic nitrogens is 1. The molecule has 1 aromatic carbocycles. The molecule has 9 heteroatoms. The molecule has 3 aromatic rings. The van der Waals surface area contributed by atoms with Gasteiger partial charge in [-0.25, -0.2) is 4.98 Å². The van der Waals surface area contributed by atoms with Crippen LogP contribution in [0, 0.1) is 0 Å². The van der Waals surface area contributed by atoms with E-state index in [2.05, 4.69) is 41.0 Å². The number of thiazole rings is 1.